The number of carbonyl (C=O) groups excluding carboxylic acids is 3. The standard InChI is InChI=1S/C26H28FN5O6/c1-14-13-37-8-6-31(14)25(35)19-11-17(3-5-20(19)27)32-7-9-38-22(26(32)36)21(33)24(34)30-16-2-4-18-15(10-16)12-29-23(18)28/h2-5,10-11,14,21-22,33H,6-9,12-13H2,1H3,(H2,28,29)(H,30,34)/t14-,21?,22+/m0/s1. The number of benzene rings is 2. The second-order valence-corrected chi connectivity index (χ2v) is 9.40. The zero-order chi connectivity index (χ0) is 27.0. The third-order valence-electron chi connectivity index (χ3n) is 6.90. The van der Waals surface area contributed by atoms with Crippen LogP contribution in [-0.4, -0.2) is 84.7 Å². The summed E-state index contributed by atoms with van der Waals surface area (Å²) in [5.41, 5.74) is 2.04. The summed E-state index contributed by atoms with van der Waals surface area (Å²) in [7, 11) is 0. The monoisotopic (exact) mass is 525 g/mol. The molecular weight excluding hydrogens is 497 g/mol. The molecule has 0 bridgehead atoms. The molecule has 3 aliphatic rings. The van der Waals surface area contributed by atoms with Crippen LogP contribution < -0.4 is 15.5 Å². The van der Waals surface area contributed by atoms with Gasteiger partial charge in [0.25, 0.3) is 17.7 Å². The lowest BCUT2D eigenvalue weighted by atomic mass is 10.1. The number of ether oxygens (including phenoxy) is 2. The molecule has 12 heteroatoms. The molecule has 5 rings (SSSR count). The molecule has 2 aromatic carbocycles. The summed E-state index contributed by atoms with van der Waals surface area (Å²) in [5.74, 6) is -2.44. The fourth-order valence-corrected chi connectivity index (χ4v) is 4.81. The Morgan fingerprint density at radius 2 is 2.03 bits per heavy atom. The Labute approximate surface area is 218 Å². The van der Waals surface area contributed by atoms with Crippen molar-refractivity contribution in [2.24, 2.45) is 0 Å². The number of nitrogens with one attached hydrogen (secondary N) is 3. The van der Waals surface area contributed by atoms with E-state index in [4.69, 9.17) is 14.9 Å². The maximum Gasteiger partial charge on any atom is 0.259 e. The lowest BCUT2D eigenvalue weighted by molar-refractivity contribution is -0.150. The van der Waals surface area contributed by atoms with Gasteiger partial charge in [0.15, 0.2) is 12.2 Å². The zero-order valence-corrected chi connectivity index (χ0v) is 20.7. The van der Waals surface area contributed by atoms with Crippen molar-refractivity contribution < 1.29 is 33.4 Å². The van der Waals surface area contributed by atoms with Gasteiger partial charge in [-0.15, -0.1) is 0 Å². The van der Waals surface area contributed by atoms with Crippen LogP contribution in [0.2, 0.25) is 0 Å². The van der Waals surface area contributed by atoms with E-state index < -0.39 is 35.7 Å². The van der Waals surface area contributed by atoms with Gasteiger partial charge in [-0.1, -0.05) is 0 Å². The number of morpholine rings is 2. The topological polar surface area (TPSA) is 144 Å². The van der Waals surface area contributed by atoms with Crippen molar-refractivity contribution in [1.29, 1.82) is 5.41 Å². The summed E-state index contributed by atoms with van der Waals surface area (Å²) in [4.78, 5) is 41.9. The number of rotatable bonds is 5. The van der Waals surface area contributed by atoms with Gasteiger partial charge in [-0.3, -0.25) is 19.8 Å². The van der Waals surface area contributed by atoms with Crippen molar-refractivity contribution in [1.82, 2.24) is 10.2 Å². The Kier molecular flexibility index (Phi) is 7.11. The number of nitrogens with zero attached hydrogens (tertiary/aromatic N) is 2. The molecule has 0 aromatic heterocycles. The Morgan fingerprint density at radius 3 is 2.82 bits per heavy atom. The third-order valence-corrected chi connectivity index (χ3v) is 6.90. The quantitative estimate of drug-likeness (QED) is 0.453. The van der Waals surface area contributed by atoms with Crippen LogP contribution in [0.25, 0.3) is 0 Å². The van der Waals surface area contributed by atoms with Gasteiger partial charge in [0, 0.05) is 36.6 Å². The lowest BCUT2D eigenvalue weighted by Gasteiger charge is -2.35. The van der Waals surface area contributed by atoms with Crippen LogP contribution in [0.4, 0.5) is 15.8 Å². The Balaban J connectivity index is 1.30. The first-order valence-corrected chi connectivity index (χ1v) is 12.3. The molecule has 2 fully saturated rings. The van der Waals surface area contributed by atoms with Crippen LogP contribution in [-0.2, 0) is 25.6 Å². The number of aliphatic hydroxyl groups is 1. The highest BCUT2D eigenvalue weighted by atomic mass is 19.1. The SMILES string of the molecule is C[C@H]1COCCN1C(=O)c1cc(N2CCO[C@H](C(O)C(=O)Nc3ccc4c(c3)CNC4=N)C2=O)ccc1F. The van der Waals surface area contributed by atoms with Gasteiger partial charge >= 0.3 is 0 Å². The molecule has 38 heavy (non-hydrogen) atoms. The van der Waals surface area contributed by atoms with Crippen LogP contribution in [0, 0.1) is 11.2 Å². The van der Waals surface area contributed by atoms with Gasteiger partial charge in [0.05, 0.1) is 31.4 Å². The molecule has 2 aromatic rings. The zero-order valence-electron chi connectivity index (χ0n) is 20.7. The number of carbonyl (C=O) groups is 3. The lowest BCUT2D eigenvalue weighted by Crippen LogP contribution is -2.55. The minimum atomic E-state index is -1.81. The number of halogens is 1. The number of aliphatic hydroxyl groups excluding tert-OH is 1. The van der Waals surface area contributed by atoms with Crippen molar-refractivity contribution in [2.75, 3.05) is 43.1 Å². The number of amides is 3. The third kappa shape index (κ3) is 4.85. The number of hydrogen-bond donors (Lipinski definition) is 4. The molecule has 11 nitrogen and oxygen atoms in total. The van der Waals surface area contributed by atoms with Gasteiger partial charge in [-0.05, 0) is 48.9 Å². The molecule has 3 amide bonds. The molecule has 200 valence electrons. The normalized spacial score (nSPS) is 22.1. The highest BCUT2D eigenvalue weighted by molar-refractivity contribution is 6.05. The van der Waals surface area contributed by atoms with Crippen LogP contribution in [0.5, 0.6) is 0 Å². The van der Waals surface area contributed by atoms with Crippen LogP contribution >= 0.6 is 0 Å². The summed E-state index contributed by atoms with van der Waals surface area (Å²) >= 11 is 0. The van der Waals surface area contributed by atoms with Gasteiger partial charge < -0.3 is 35.0 Å². The first kappa shape index (κ1) is 25.8. The van der Waals surface area contributed by atoms with Crippen molar-refractivity contribution >= 4 is 34.9 Å². The molecule has 0 aliphatic carbocycles. The first-order valence-electron chi connectivity index (χ1n) is 12.3. The molecule has 0 saturated carbocycles. The average Bonchev–Trinajstić information content (AvgIpc) is 3.28. The maximum atomic E-state index is 14.7. The van der Waals surface area contributed by atoms with E-state index in [0.29, 0.717) is 37.8 Å². The van der Waals surface area contributed by atoms with Gasteiger partial charge in [0.1, 0.15) is 11.7 Å². The van der Waals surface area contributed by atoms with Crippen LogP contribution in [0.3, 0.4) is 0 Å². The Hall–Kier alpha value is -3.87. The smallest absolute Gasteiger partial charge is 0.259 e. The first-order chi connectivity index (χ1) is 18.2. The molecule has 2 saturated heterocycles. The van der Waals surface area contributed by atoms with Crippen molar-refractivity contribution in [2.45, 2.75) is 31.7 Å². The molecule has 1 unspecified atom stereocenters. The molecule has 3 atom stereocenters. The number of hydrogen-bond acceptors (Lipinski definition) is 7. The molecular formula is C26H28FN5O6. The van der Waals surface area contributed by atoms with E-state index in [0.717, 1.165) is 17.2 Å². The summed E-state index contributed by atoms with van der Waals surface area (Å²) in [6.45, 7) is 3.41. The van der Waals surface area contributed by atoms with E-state index in [-0.39, 0.29) is 30.4 Å². The largest absolute Gasteiger partial charge is 0.380 e. The summed E-state index contributed by atoms with van der Waals surface area (Å²) in [5, 5.41) is 24.0. The molecule has 0 spiro atoms. The minimum Gasteiger partial charge on any atom is -0.380 e. The summed E-state index contributed by atoms with van der Waals surface area (Å²) in [6.07, 6.45) is -3.30. The molecule has 3 aliphatic heterocycles. The van der Waals surface area contributed by atoms with Gasteiger partial charge in [0.2, 0.25) is 0 Å². The van der Waals surface area contributed by atoms with E-state index in [2.05, 4.69) is 10.6 Å². The van der Waals surface area contributed by atoms with Gasteiger partial charge in [-0.25, -0.2) is 4.39 Å². The fourth-order valence-electron chi connectivity index (χ4n) is 4.81. The van der Waals surface area contributed by atoms with Crippen molar-refractivity contribution in [3.05, 3.63) is 58.9 Å². The van der Waals surface area contributed by atoms with Gasteiger partial charge in [-0.2, -0.15) is 0 Å². The molecule has 0 radical (unpaired) electrons. The van der Waals surface area contributed by atoms with Crippen LogP contribution in [0.15, 0.2) is 36.4 Å². The van der Waals surface area contributed by atoms with E-state index in [1.54, 1.807) is 18.2 Å². The Bertz CT molecular complexity index is 1300. The maximum absolute atomic E-state index is 14.7. The Morgan fingerprint density at radius 1 is 1.21 bits per heavy atom. The van der Waals surface area contributed by atoms with E-state index in [1.807, 2.05) is 6.92 Å². The van der Waals surface area contributed by atoms with E-state index >= 15 is 0 Å². The predicted octanol–water partition coefficient (Wildman–Crippen LogP) is 0.847. The van der Waals surface area contributed by atoms with Crippen molar-refractivity contribution in [3.8, 4) is 0 Å². The average molecular weight is 526 g/mol. The second-order valence-electron chi connectivity index (χ2n) is 9.40. The predicted molar refractivity (Wildman–Crippen MR) is 135 cm³/mol. The molecule has 4 N–H and O–H groups in total. The summed E-state index contributed by atoms with van der Waals surface area (Å²) in [6, 6.07) is 8.56. The van der Waals surface area contributed by atoms with Crippen LogP contribution in [0.1, 0.15) is 28.4 Å². The van der Waals surface area contributed by atoms with Crippen molar-refractivity contribution in [3.63, 3.8) is 0 Å². The fraction of sp³-hybridized carbons (Fsp3) is 0.385. The highest BCUT2D eigenvalue weighted by Gasteiger charge is 2.40. The highest BCUT2D eigenvalue weighted by Crippen LogP contribution is 2.26. The van der Waals surface area contributed by atoms with E-state index in [1.165, 1.54) is 21.9 Å². The minimum absolute atomic E-state index is 0.0223. The number of amidine groups is 1. The summed E-state index contributed by atoms with van der Waals surface area (Å²) < 4.78 is 25.5. The molecule has 3 heterocycles. The number of fused-ring (bicyclic) bond motifs is 1. The number of anilines is 2. The second kappa shape index (κ2) is 10.5. The van der Waals surface area contributed by atoms with E-state index in [9.17, 15) is 23.9 Å².